The van der Waals surface area contributed by atoms with Crippen molar-refractivity contribution in [2.45, 2.75) is 26.8 Å². The Morgan fingerprint density at radius 1 is 1.47 bits per heavy atom. The SMILES string of the molecule is CCc1cc(-c2nc(N)n[nH]2)n(CC)n1. The van der Waals surface area contributed by atoms with Gasteiger partial charge in [0, 0.05) is 6.54 Å². The normalized spacial score (nSPS) is 10.8. The molecule has 0 fully saturated rings. The van der Waals surface area contributed by atoms with Crippen LogP contribution in [0, 0.1) is 0 Å². The van der Waals surface area contributed by atoms with Gasteiger partial charge in [0.2, 0.25) is 5.95 Å². The lowest BCUT2D eigenvalue weighted by molar-refractivity contribution is 0.652. The van der Waals surface area contributed by atoms with E-state index in [2.05, 4.69) is 27.2 Å². The maximum atomic E-state index is 5.46. The van der Waals surface area contributed by atoms with Crippen LogP contribution in [0.3, 0.4) is 0 Å². The van der Waals surface area contributed by atoms with Crippen LogP contribution in [0.15, 0.2) is 6.07 Å². The van der Waals surface area contributed by atoms with E-state index in [1.807, 2.05) is 17.7 Å². The van der Waals surface area contributed by atoms with Crippen LogP contribution < -0.4 is 5.73 Å². The lowest BCUT2D eigenvalue weighted by atomic mass is 10.3. The number of anilines is 1. The molecule has 0 atom stereocenters. The number of nitrogens with two attached hydrogens (primary N) is 1. The van der Waals surface area contributed by atoms with Gasteiger partial charge in [-0.3, -0.25) is 9.78 Å². The summed E-state index contributed by atoms with van der Waals surface area (Å²) in [5, 5.41) is 11.0. The summed E-state index contributed by atoms with van der Waals surface area (Å²) in [6.07, 6.45) is 0.906. The molecule has 0 aliphatic heterocycles. The van der Waals surface area contributed by atoms with Gasteiger partial charge in [-0.1, -0.05) is 6.92 Å². The summed E-state index contributed by atoms with van der Waals surface area (Å²) in [5.41, 5.74) is 7.44. The van der Waals surface area contributed by atoms with Gasteiger partial charge in [0.1, 0.15) is 5.69 Å². The Bertz CT molecular complexity index is 455. The van der Waals surface area contributed by atoms with Gasteiger partial charge in [-0.15, -0.1) is 5.10 Å². The van der Waals surface area contributed by atoms with Crippen molar-refractivity contribution in [3.8, 4) is 11.5 Å². The summed E-state index contributed by atoms with van der Waals surface area (Å²) < 4.78 is 1.89. The van der Waals surface area contributed by atoms with Crippen LogP contribution in [-0.4, -0.2) is 25.0 Å². The Kier molecular flexibility index (Phi) is 2.40. The fourth-order valence-electron chi connectivity index (χ4n) is 1.46. The minimum absolute atomic E-state index is 0.256. The second kappa shape index (κ2) is 3.72. The summed E-state index contributed by atoms with van der Waals surface area (Å²) >= 11 is 0. The van der Waals surface area contributed by atoms with Gasteiger partial charge in [-0.25, -0.2) is 0 Å². The van der Waals surface area contributed by atoms with Crippen molar-refractivity contribution in [2.75, 3.05) is 5.73 Å². The molecule has 6 nitrogen and oxygen atoms in total. The van der Waals surface area contributed by atoms with Crippen molar-refractivity contribution in [2.24, 2.45) is 0 Å². The van der Waals surface area contributed by atoms with Gasteiger partial charge >= 0.3 is 0 Å². The van der Waals surface area contributed by atoms with Crippen molar-refractivity contribution >= 4 is 5.95 Å². The maximum absolute atomic E-state index is 5.46. The minimum atomic E-state index is 0.256. The molecule has 80 valence electrons. The van der Waals surface area contributed by atoms with Crippen LogP contribution >= 0.6 is 0 Å². The second-order valence-electron chi connectivity index (χ2n) is 3.23. The van der Waals surface area contributed by atoms with Crippen LogP contribution in [0.25, 0.3) is 11.5 Å². The molecule has 3 N–H and O–H groups in total. The lowest BCUT2D eigenvalue weighted by Gasteiger charge is -1.99. The van der Waals surface area contributed by atoms with Crippen molar-refractivity contribution in [1.82, 2.24) is 25.0 Å². The molecule has 0 saturated heterocycles. The van der Waals surface area contributed by atoms with Gasteiger partial charge in [-0.05, 0) is 19.4 Å². The molecule has 0 spiro atoms. The molecule has 2 aromatic rings. The van der Waals surface area contributed by atoms with E-state index in [9.17, 15) is 0 Å². The van der Waals surface area contributed by atoms with Gasteiger partial charge in [-0.2, -0.15) is 10.1 Å². The number of nitrogens with one attached hydrogen (secondary N) is 1. The van der Waals surface area contributed by atoms with E-state index < -0.39 is 0 Å². The standard InChI is InChI=1S/C9H14N6/c1-3-6-5-7(15(4-2)14-6)8-11-9(10)13-12-8/h5H,3-4H2,1-2H3,(H3,10,11,12,13). The molecule has 2 rings (SSSR count). The molecule has 6 heteroatoms. The number of rotatable bonds is 3. The van der Waals surface area contributed by atoms with E-state index >= 15 is 0 Å². The highest BCUT2D eigenvalue weighted by molar-refractivity contribution is 5.51. The van der Waals surface area contributed by atoms with Crippen LogP contribution in [0.4, 0.5) is 5.95 Å². The summed E-state index contributed by atoms with van der Waals surface area (Å²) in [4.78, 5) is 4.09. The number of hydrogen-bond acceptors (Lipinski definition) is 4. The molecule has 0 aliphatic rings. The zero-order valence-corrected chi connectivity index (χ0v) is 8.86. The average Bonchev–Trinajstić information content (AvgIpc) is 2.82. The lowest BCUT2D eigenvalue weighted by Crippen LogP contribution is -2.00. The Labute approximate surface area is 87.5 Å². The van der Waals surface area contributed by atoms with E-state index in [1.54, 1.807) is 0 Å². The monoisotopic (exact) mass is 206 g/mol. The van der Waals surface area contributed by atoms with E-state index in [0.29, 0.717) is 5.82 Å². The number of aromatic amines is 1. The van der Waals surface area contributed by atoms with Gasteiger partial charge in [0.25, 0.3) is 0 Å². The highest BCUT2D eigenvalue weighted by Crippen LogP contribution is 2.17. The third-order valence-electron chi connectivity index (χ3n) is 2.24. The van der Waals surface area contributed by atoms with E-state index in [-0.39, 0.29) is 5.95 Å². The number of hydrogen-bond donors (Lipinski definition) is 2. The van der Waals surface area contributed by atoms with Crippen molar-refractivity contribution < 1.29 is 0 Å². The third-order valence-corrected chi connectivity index (χ3v) is 2.24. The molecule has 0 unspecified atom stereocenters. The van der Waals surface area contributed by atoms with E-state index in [0.717, 1.165) is 24.4 Å². The molecule has 0 aliphatic carbocycles. The highest BCUT2D eigenvalue weighted by Gasteiger charge is 2.11. The average molecular weight is 206 g/mol. The summed E-state index contributed by atoms with van der Waals surface area (Å²) in [7, 11) is 0. The molecule has 0 bridgehead atoms. The van der Waals surface area contributed by atoms with Crippen LogP contribution in [-0.2, 0) is 13.0 Å². The number of aromatic nitrogens is 5. The molecular formula is C9H14N6. The van der Waals surface area contributed by atoms with Crippen molar-refractivity contribution in [3.05, 3.63) is 11.8 Å². The zero-order valence-electron chi connectivity index (χ0n) is 8.86. The van der Waals surface area contributed by atoms with Crippen LogP contribution in [0.1, 0.15) is 19.5 Å². The van der Waals surface area contributed by atoms with Crippen molar-refractivity contribution in [3.63, 3.8) is 0 Å². The largest absolute Gasteiger partial charge is 0.366 e. The molecule has 0 radical (unpaired) electrons. The zero-order chi connectivity index (χ0) is 10.8. The van der Waals surface area contributed by atoms with E-state index in [1.165, 1.54) is 0 Å². The quantitative estimate of drug-likeness (QED) is 0.779. The molecule has 0 aromatic carbocycles. The fourth-order valence-corrected chi connectivity index (χ4v) is 1.46. The fraction of sp³-hybridized carbons (Fsp3) is 0.444. The van der Waals surface area contributed by atoms with Crippen LogP contribution in [0.5, 0.6) is 0 Å². The van der Waals surface area contributed by atoms with Crippen LogP contribution in [0.2, 0.25) is 0 Å². The number of nitrogen functional groups attached to an aromatic ring is 1. The maximum Gasteiger partial charge on any atom is 0.239 e. The molecule has 0 saturated carbocycles. The third kappa shape index (κ3) is 1.70. The highest BCUT2D eigenvalue weighted by atomic mass is 15.3. The first-order valence-corrected chi connectivity index (χ1v) is 4.99. The van der Waals surface area contributed by atoms with Gasteiger partial charge in [0.15, 0.2) is 5.82 Å². The van der Waals surface area contributed by atoms with E-state index in [4.69, 9.17) is 5.73 Å². The molecule has 2 aromatic heterocycles. The first kappa shape index (κ1) is 9.70. The molecule has 15 heavy (non-hydrogen) atoms. The predicted molar refractivity (Wildman–Crippen MR) is 57.1 cm³/mol. The summed E-state index contributed by atoms with van der Waals surface area (Å²) in [6, 6.07) is 2.00. The second-order valence-corrected chi connectivity index (χ2v) is 3.23. The first-order valence-electron chi connectivity index (χ1n) is 4.99. The van der Waals surface area contributed by atoms with Crippen molar-refractivity contribution in [1.29, 1.82) is 0 Å². The summed E-state index contributed by atoms with van der Waals surface area (Å²) in [6.45, 7) is 4.91. The Balaban J connectivity index is 2.46. The van der Waals surface area contributed by atoms with Gasteiger partial charge in [0.05, 0.1) is 5.69 Å². The number of H-pyrrole nitrogens is 1. The topological polar surface area (TPSA) is 85.4 Å². The number of nitrogens with zero attached hydrogens (tertiary/aromatic N) is 4. The smallest absolute Gasteiger partial charge is 0.239 e. The molecule has 0 amide bonds. The number of aryl methyl sites for hydroxylation is 2. The molecule has 2 heterocycles. The Hall–Kier alpha value is -1.85. The Morgan fingerprint density at radius 3 is 2.80 bits per heavy atom. The Morgan fingerprint density at radius 2 is 2.27 bits per heavy atom. The molecular weight excluding hydrogens is 192 g/mol. The summed E-state index contributed by atoms with van der Waals surface area (Å²) in [5.74, 6) is 0.924. The minimum Gasteiger partial charge on any atom is -0.366 e. The first-order chi connectivity index (χ1) is 7.24. The predicted octanol–water partition coefficient (Wildman–Crippen LogP) is 0.833. The van der Waals surface area contributed by atoms with Gasteiger partial charge < -0.3 is 5.73 Å².